The molecule has 9 nitrogen and oxygen atoms in total. The van der Waals surface area contributed by atoms with Crippen molar-refractivity contribution in [1.82, 2.24) is 5.32 Å². The Morgan fingerprint density at radius 3 is 2.35 bits per heavy atom. The van der Waals surface area contributed by atoms with E-state index in [1.54, 1.807) is 25.2 Å². The van der Waals surface area contributed by atoms with Gasteiger partial charge < -0.3 is 29.4 Å². The summed E-state index contributed by atoms with van der Waals surface area (Å²) >= 11 is 0. The smallest absolute Gasteiger partial charge is 0.303 e. The molecular formula is C28H35NO8. The van der Waals surface area contributed by atoms with E-state index in [0.29, 0.717) is 17.7 Å². The SMILES string of the molecule is CC[C@H]1O[C@H](Oc2ccc(-c3cccc(C(=O)NC)c3)cc2C)[C@@](CO)(OC(C)=O)[C@@H](OC(C)=O)[C@@H]1C. The normalized spacial score (nSPS) is 25.2. The summed E-state index contributed by atoms with van der Waals surface area (Å²) in [6, 6.07) is 12.7. The lowest BCUT2D eigenvalue weighted by Gasteiger charge is -2.50. The fraction of sp³-hybridized carbons (Fsp3) is 0.464. The molecule has 0 bridgehead atoms. The molecule has 0 aromatic heterocycles. The topological polar surface area (TPSA) is 120 Å². The van der Waals surface area contributed by atoms with Gasteiger partial charge in [-0.15, -0.1) is 0 Å². The number of aliphatic hydroxyl groups excluding tert-OH is 1. The maximum absolute atomic E-state index is 12.1. The van der Waals surface area contributed by atoms with E-state index >= 15 is 0 Å². The summed E-state index contributed by atoms with van der Waals surface area (Å²) in [7, 11) is 1.58. The number of hydrogen-bond acceptors (Lipinski definition) is 8. The maximum Gasteiger partial charge on any atom is 0.303 e. The molecule has 0 spiro atoms. The van der Waals surface area contributed by atoms with E-state index in [4.69, 9.17) is 18.9 Å². The highest BCUT2D eigenvalue weighted by atomic mass is 16.7. The van der Waals surface area contributed by atoms with Gasteiger partial charge >= 0.3 is 11.9 Å². The molecule has 200 valence electrons. The molecule has 9 heteroatoms. The molecule has 1 saturated heterocycles. The van der Waals surface area contributed by atoms with Crippen LogP contribution in [0.3, 0.4) is 0 Å². The van der Waals surface area contributed by atoms with Crippen LogP contribution in [0.2, 0.25) is 0 Å². The van der Waals surface area contributed by atoms with Gasteiger partial charge in [0, 0.05) is 32.4 Å². The molecule has 0 aliphatic carbocycles. The number of amides is 1. The fourth-order valence-electron chi connectivity index (χ4n) is 4.78. The van der Waals surface area contributed by atoms with Crippen molar-refractivity contribution in [3.05, 3.63) is 53.6 Å². The molecular weight excluding hydrogens is 478 g/mol. The van der Waals surface area contributed by atoms with Crippen LogP contribution in [-0.4, -0.2) is 60.7 Å². The average Bonchev–Trinajstić information content (AvgIpc) is 2.87. The van der Waals surface area contributed by atoms with Crippen molar-refractivity contribution in [3.8, 4) is 16.9 Å². The van der Waals surface area contributed by atoms with Crippen LogP contribution in [0.25, 0.3) is 11.1 Å². The second kappa shape index (κ2) is 11.7. The van der Waals surface area contributed by atoms with Crippen LogP contribution >= 0.6 is 0 Å². The molecule has 5 atom stereocenters. The first kappa shape index (κ1) is 28.1. The molecule has 1 aliphatic heterocycles. The summed E-state index contributed by atoms with van der Waals surface area (Å²) in [4.78, 5) is 36.1. The first-order valence-electron chi connectivity index (χ1n) is 12.3. The first-order valence-corrected chi connectivity index (χ1v) is 12.3. The highest BCUT2D eigenvalue weighted by Crippen LogP contribution is 2.41. The summed E-state index contributed by atoms with van der Waals surface area (Å²) in [5.74, 6) is -1.37. The highest BCUT2D eigenvalue weighted by Gasteiger charge is 2.60. The number of ether oxygens (including phenoxy) is 4. The Morgan fingerprint density at radius 2 is 1.78 bits per heavy atom. The fourth-order valence-corrected chi connectivity index (χ4v) is 4.78. The van der Waals surface area contributed by atoms with Crippen molar-refractivity contribution in [2.45, 2.75) is 65.1 Å². The maximum atomic E-state index is 12.1. The van der Waals surface area contributed by atoms with Crippen molar-refractivity contribution in [2.24, 2.45) is 5.92 Å². The Balaban J connectivity index is 1.99. The number of hydrogen-bond donors (Lipinski definition) is 2. The second-order valence-electron chi connectivity index (χ2n) is 9.27. The lowest BCUT2D eigenvalue weighted by atomic mass is 9.80. The quantitative estimate of drug-likeness (QED) is 0.516. The van der Waals surface area contributed by atoms with Crippen molar-refractivity contribution in [1.29, 1.82) is 0 Å². The van der Waals surface area contributed by atoms with Gasteiger partial charge in [0.15, 0.2) is 6.10 Å². The molecule has 2 aromatic carbocycles. The van der Waals surface area contributed by atoms with Crippen LogP contribution in [0.4, 0.5) is 0 Å². The molecule has 0 radical (unpaired) electrons. The molecule has 3 rings (SSSR count). The van der Waals surface area contributed by atoms with Crippen molar-refractivity contribution in [3.63, 3.8) is 0 Å². The summed E-state index contributed by atoms with van der Waals surface area (Å²) in [6.07, 6.45) is -2.03. The monoisotopic (exact) mass is 513 g/mol. The van der Waals surface area contributed by atoms with Gasteiger partial charge in [0.25, 0.3) is 5.91 Å². The Hall–Kier alpha value is -3.43. The third kappa shape index (κ3) is 5.94. The van der Waals surface area contributed by atoms with Gasteiger partial charge in [0.1, 0.15) is 5.75 Å². The van der Waals surface area contributed by atoms with Gasteiger partial charge in [-0.2, -0.15) is 0 Å². The minimum atomic E-state index is -1.77. The Labute approximate surface area is 217 Å². The van der Waals surface area contributed by atoms with Crippen LogP contribution in [0.5, 0.6) is 5.75 Å². The van der Waals surface area contributed by atoms with Gasteiger partial charge in [-0.3, -0.25) is 14.4 Å². The summed E-state index contributed by atoms with van der Waals surface area (Å²) < 4.78 is 23.6. The first-order chi connectivity index (χ1) is 17.6. The Bertz CT molecular complexity index is 1150. The van der Waals surface area contributed by atoms with Gasteiger partial charge in [-0.25, -0.2) is 0 Å². The lowest BCUT2D eigenvalue weighted by Crippen LogP contribution is -2.69. The molecule has 1 amide bonds. The van der Waals surface area contributed by atoms with E-state index in [1.807, 2.05) is 45.0 Å². The number of aryl methyl sites for hydroxylation is 1. The predicted octanol–water partition coefficient (Wildman–Crippen LogP) is 3.40. The van der Waals surface area contributed by atoms with E-state index in [0.717, 1.165) is 16.7 Å². The molecule has 1 heterocycles. The zero-order valence-electron chi connectivity index (χ0n) is 22.1. The number of benzene rings is 2. The van der Waals surface area contributed by atoms with Gasteiger partial charge in [-0.1, -0.05) is 32.0 Å². The third-order valence-corrected chi connectivity index (χ3v) is 6.61. The van der Waals surface area contributed by atoms with Gasteiger partial charge in [-0.05, 0) is 54.3 Å². The molecule has 2 N–H and O–H groups in total. The predicted molar refractivity (Wildman–Crippen MR) is 136 cm³/mol. The molecule has 2 aromatic rings. The number of rotatable bonds is 8. The lowest BCUT2D eigenvalue weighted by molar-refractivity contribution is -0.318. The van der Waals surface area contributed by atoms with Gasteiger partial charge in [0.05, 0.1) is 12.7 Å². The Morgan fingerprint density at radius 1 is 1.08 bits per heavy atom. The third-order valence-electron chi connectivity index (χ3n) is 6.61. The summed E-state index contributed by atoms with van der Waals surface area (Å²) in [5.41, 5.74) is 1.24. The number of carbonyl (C=O) groups is 3. The standard InChI is InChI=1S/C28H35NO8/c1-7-23-17(3)25(34-18(4)31)28(15-30,37-19(5)32)27(35-23)36-24-12-11-21(13-16(24)2)20-9-8-10-22(14-20)26(33)29-6/h8-14,17,23,25,27,30H,7,15H2,1-6H3,(H,29,33)/t17-,23-,25+,27-,28+/m1/s1. The molecule has 37 heavy (non-hydrogen) atoms. The van der Waals surface area contributed by atoms with Crippen LogP contribution < -0.4 is 10.1 Å². The largest absolute Gasteiger partial charge is 0.460 e. The van der Waals surface area contributed by atoms with Crippen LogP contribution in [0.1, 0.15) is 50.0 Å². The van der Waals surface area contributed by atoms with Crippen molar-refractivity contribution < 1.29 is 38.4 Å². The minimum absolute atomic E-state index is 0.180. The minimum Gasteiger partial charge on any atom is -0.460 e. The number of esters is 2. The number of nitrogens with one attached hydrogen (secondary N) is 1. The van der Waals surface area contributed by atoms with E-state index < -0.39 is 36.5 Å². The summed E-state index contributed by atoms with van der Waals surface area (Å²) in [6.45, 7) is 7.38. The van der Waals surface area contributed by atoms with Crippen LogP contribution in [0.15, 0.2) is 42.5 Å². The van der Waals surface area contributed by atoms with E-state index in [2.05, 4.69) is 5.32 Å². The molecule has 1 fully saturated rings. The summed E-state index contributed by atoms with van der Waals surface area (Å²) in [5, 5.41) is 13.1. The molecule has 0 unspecified atom stereocenters. The zero-order valence-corrected chi connectivity index (χ0v) is 22.1. The van der Waals surface area contributed by atoms with Crippen LogP contribution in [0, 0.1) is 12.8 Å². The number of carbonyl (C=O) groups excluding carboxylic acids is 3. The molecule has 1 aliphatic rings. The second-order valence-corrected chi connectivity index (χ2v) is 9.27. The average molecular weight is 514 g/mol. The Kier molecular flexibility index (Phi) is 8.94. The highest BCUT2D eigenvalue weighted by molar-refractivity contribution is 5.95. The van der Waals surface area contributed by atoms with Crippen molar-refractivity contribution in [2.75, 3.05) is 13.7 Å². The zero-order chi connectivity index (χ0) is 27.3. The number of aliphatic hydroxyl groups is 1. The van der Waals surface area contributed by atoms with E-state index in [9.17, 15) is 19.5 Å². The van der Waals surface area contributed by atoms with E-state index in [-0.39, 0.29) is 17.9 Å². The van der Waals surface area contributed by atoms with Crippen LogP contribution in [-0.2, 0) is 23.8 Å². The van der Waals surface area contributed by atoms with Gasteiger partial charge in [0.2, 0.25) is 11.9 Å². The van der Waals surface area contributed by atoms with Crippen molar-refractivity contribution >= 4 is 17.8 Å². The molecule has 0 saturated carbocycles. The van der Waals surface area contributed by atoms with E-state index in [1.165, 1.54) is 13.8 Å².